The number of halogens is 4. The molecular formula is C13H14Cl3FN4O2S. The molecule has 0 saturated heterocycles. The van der Waals surface area contributed by atoms with E-state index in [9.17, 15) is 14.0 Å². The lowest BCUT2D eigenvalue weighted by Crippen LogP contribution is -2.56. The molecule has 11 heteroatoms. The molecule has 1 atom stereocenters. The fourth-order valence-corrected chi connectivity index (χ4v) is 2.10. The second-order valence-corrected chi connectivity index (χ2v) is 7.31. The third-order valence-electron chi connectivity index (χ3n) is 2.49. The van der Waals surface area contributed by atoms with Crippen molar-refractivity contribution in [1.82, 2.24) is 10.6 Å². The molecule has 1 aromatic rings. The van der Waals surface area contributed by atoms with Gasteiger partial charge in [-0.25, -0.2) is 4.39 Å². The first-order valence-electron chi connectivity index (χ1n) is 6.49. The number of anilines is 2. The summed E-state index contributed by atoms with van der Waals surface area (Å²) >= 11 is 22.2. The lowest BCUT2D eigenvalue weighted by atomic mass is 10.3. The smallest absolute Gasteiger partial charge is 0.253 e. The molecule has 0 aliphatic rings. The predicted molar refractivity (Wildman–Crippen MR) is 98.3 cm³/mol. The second-order valence-electron chi connectivity index (χ2n) is 4.53. The van der Waals surface area contributed by atoms with Gasteiger partial charge in [0.2, 0.25) is 9.70 Å². The zero-order valence-electron chi connectivity index (χ0n) is 12.3. The Labute approximate surface area is 158 Å². The average Bonchev–Trinajstić information content (AvgIpc) is 2.47. The van der Waals surface area contributed by atoms with E-state index in [1.165, 1.54) is 6.92 Å². The van der Waals surface area contributed by atoms with Gasteiger partial charge >= 0.3 is 0 Å². The van der Waals surface area contributed by atoms with Crippen molar-refractivity contribution >= 4 is 75.3 Å². The van der Waals surface area contributed by atoms with Crippen LogP contribution in [0.5, 0.6) is 0 Å². The normalized spacial score (nSPS) is 12.0. The number of carbonyl (C=O) groups is 2. The van der Waals surface area contributed by atoms with Crippen LogP contribution < -0.4 is 21.3 Å². The standard InChI is InChI=1S/C13H14Cl3FN4O2S/c1-7(22)18-8-2-4-9(5-3-8)19-12(24)21-11(13(14,15)16)20-10(23)6-17/h2-5,11H,6H2,1H3,(H,18,22)(H,20,23)(H2,19,21,24)/t11-/m0/s1. The van der Waals surface area contributed by atoms with Gasteiger partial charge in [0, 0.05) is 18.3 Å². The summed E-state index contributed by atoms with van der Waals surface area (Å²) in [6.45, 7) is 0.136. The first-order valence-corrected chi connectivity index (χ1v) is 8.03. The molecule has 0 aliphatic heterocycles. The Morgan fingerprint density at radius 1 is 1.12 bits per heavy atom. The Morgan fingerprint density at radius 3 is 2.04 bits per heavy atom. The van der Waals surface area contributed by atoms with Crippen LogP contribution in [-0.2, 0) is 9.59 Å². The molecule has 0 fully saturated rings. The van der Waals surface area contributed by atoms with Crippen LogP contribution in [0.25, 0.3) is 0 Å². The van der Waals surface area contributed by atoms with Crippen LogP contribution >= 0.6 is 47.0 Å². The largest absolute Gasteiger partial charge is 0.339 e. The van der Waals surface area contributed by atoms with Crippen molar-refractivity contribution in [3.8, 4) is 0 Å². The molecule has 0 saturated carbocycles. The summed E-state index contributed by atoms with van der Waals surface area (Å²) in [5, 5.41) is 10.2. The van der Waals surface area contributed by atoms with Crippen LogP contribution in [0, 0.1) is 0 Å². The number of carbonyl (C=O) groups excluding carboxylic acids is 2. The van der Waals surface area contributed by atoms with Gasteiger partial charge in [-0.15, -0.1) is 0 Å². The molecule has 0 aromatic heterocycles. The van der Waals surface area contributed by atoms with E-state index in [1.54, 1.807) is 24.3 Å². The molecule has 6 nitrogen and oxygen atoms in total. The van der Waals surface area contributed by atoms with Crippen molar-refractivity contribution in [2.75, 3.05) is 17.3 Å². The molecule has 2 amide bonds. The zero-order valence-corrected chi connectivity index (χ0v) is 15.4. The minimum atomic E-state index is -1.95. The SMILES string of the molecule is CC(=O)Nc1ccc(NC(=S)N[C@H](NC(=O)CF)C(Cl)(Cl)Cl)cc1. The summed E-state index contributed by atoms with van der Waals surface area (Å²) in [6, 6.07) is 6.63. The van der Waals surface area contributed by atoms with Gasteiger partial charge in [0.15, 0.2) is 11.8 Å². The number of rotatable bonds is 5. The molecule has 0 unspecified atom stereocenters. The first kappa shape index (κ1) is 20.7. The molecule has 132 valence electrons. The molecule has 1 aromatic carbocycles. The Bertz CT molecular complexity index is 610. The van der Waals surface area contributed by atoms with Crippen molar-refractivity contribution in [2.45, 2.75) is 16.9 Å². The average molecular weight is 416 g/mol. The van der Waals surface area contributed by atoms with E-state index in [4.69, 9.17) is 47.0 Å². The minimum Gasteiger partial charge on any atom is -0.339 e. The van der Waals surface area contributed by atoms with Crippen molar-refractivity contribution in [1.29, 1.82) is 0 Å². The molecule has 0 aliphatic carbocycles. The van der Waals surface area contributed by atoms with Crippen molar-refractivity contribution < 1.29 is 14.0 Å². The molecule has 24 heavy (non-hydrogen) atoms. The number of benzene rings is 1. The Morgan fingerprint density at radius 2 is 1.62 bits per heavy atom. The summed E-state index contributed by atoms with van der Waals surface area (Å²) in [5.74, 6) is -1.15. The minimum absolute atomic E-state index is 0.0396. The highest BCUT2D eigenvalue weighted by molar-refractivity contribution is 7.80. The van der Waals surface area contributed by atoms with Gasteiger partial charge in [0.25, 0.3) is 5.91 Å². The molecule has 0 radical (unpaired) electrons. The summed E-state index contributed by atoms with van der Waals surface area (Å²) < 4.78 is 10.3. The Hall–Kier alpha value is -1.35. The number of hydrogen-bond acceptors (Lipinski definition) is 3. The topological polar surface area (TPSA) is 82.3 Å². The quantitative estimate of drug-likeness (QED) is 0.338. The number of thiocarbonyl (C=S) groups is 1. The van der Waals surface area contributed by atoms with Gasteiger partial charge in [0.1, 0.15) is 6.17 Å². The lowest BCUT2D eigenvalue weighted by molar-refractivity contribution is -0.122. The van der Waals surface area contributed by atoms with Gasteiger partial charge in [0.05, 0.1) is 0 Å². The van der Waals surface area contributed by atoms with Crippen molar-refractivity contribution in [3.63, 3.8) is 0 Å². The molecule has 0 spiro atoms. The third-order valence-corrected chi connectivity index (χ3v) is 3.37. The molecular weight excluding hydrogens is 402 g/mol. The molecule has 0 bridgehead atoms. The van der Waals surface area contributed by atoms with Gasteiger partial charge in [-0.1, -0.05) is 34.8 Å². The van der Waals surface area contributed by atoms with E-state index >= 15 is 0 Å². The highest BCUT2D eigenvalue weighted by Gasteiger charge is 2.34. The highest BCUT2D eigenvalue weighted by atomic mass is 35.6. The Kier molecular flexibility index (Phi) is 7.95. The zero-order chi connectivity index (χ0) is 18.3. The first-order chi connectivity index (χ1) is 11.1. The monoisotopic (exact) mass is 414 g/mol. The highest BCUT2D eigenvalue weighted by Crippen LogP contribution is 2.29. The van der Waals surface area contributed by atoms with Crippen molar-refractivity contribution in [2.24, 2.45) is 0 Å². The maximum absolute atomic E-state index is 12.3. The number of amides is 2. The number of hydrogen-bond donors (Lipinski definition) is 4. The maximum atomic E-state index is 12.3. The number of alkyl halides is 4. The number of nitrogens with one attached hydrogen (secondary N) is 4. The van der Waals surface area contributed by atoms with Gasteiger partial charge in [-0.05, 0) is 36.5 Å². The molecule has 0 heterocycles. The van der Waals surface area contributed by atoms with Gasteiger partial charge in [-0.3, -0.25) is 9.59 Å². The van der Waals surface area contributed by atoms with E-state index in [0.29, 0.717) is 11.4 Å². The van der Waals surface area contributed by atoms with Crippen LogP contribution in [-0.4, -0.2) is 33.6 Å². The van der Waals surface area contributed by atoms with Crippen LogP contribution in [0.1, 0.15) is 6.92 Å². The van der Waals surface area contributed by atoms with E-state index in [0.717, 1.165) is 0 Å². The van der Waals surface area contributed by atoms with E-state index in [2.05, 4.69) is 21.3 Å². The van der Waals surface area contributed by atoms with E-state index < -0.39 is 22.5 Å². The fraction of sp³-hybridized carbons (Fsp3) is 0.308. The summed E-state index contributed by atoms with van der Waals surface area (Å²) in [4.78, 5) is 22.1. The fourth-order valence-electron chi connectivity index (χ4n) is 1.54. The van der Waals surface area contributed by atoms with Crippen molar-refractivity contribution in [3.05, 3.63) is 24.3 Å². The maximum Gasteiger partial charge on any atom is 0.253 e. The third kappa shape index (κ3) is 7.48. The van der Waals surface area contributed by atoms with Gasteiger partial charge in [-0.2, -0.15) is 0 Å². The second kappa shape index (κ2) is 9.22. The van der Waals surface area contributed by atoms with E-state index in [1.807, 2.05) is 0 Å². The van der Waals surface area contributed by atoms with E-state index in [-0.39, 0.29) is 11.0 Å². The van der Waals surface area contributed by atoms with Crippen LogP contribution in [0.3, 0.4) is 0 Å². The molecule has 1 rings (SSSR count). The lowest BCUT2D eigenvalue weighted by Gasteiger charge is -2.27. The predicted octanol–water partition coefficient (Wildman–Crippen LogP) is 2.71. The molecule has 4 N–H and O–H groups in total. The van der Waals surface area contributed by atoms with Crippen LogP contribution in [0.15, 0.2) is 24.3 Å². The summed E-state index contributed by atoms with van der Waals surface area (Å²) in [6.07, 6.45) is -1.23. The summed E-state index contributed by atoms with van der Waals surface area (Å²) in [5.41, 5.74) is 1.20. The summed E-state index contributed by atoms with van der Waals surface area (Å²) in [7, 11) is 0. The Balaban J connectivity index is 2.68. The van der Waals surface area contributed by atoms with Crippen LogP contribution in [0.2, 0.25) is 0 Å². The van der Waals surface area contributed by atoms with Gasteiger partial charge < -0.3 is 21.3 Å². The van der Waals surface area contributed by atoms with Crippen LogP contribution in [0.4, 0.5) is 15.8 Å².